The normalized spacial score (nSPS) is 11.7. The Hall–Kier alpha value is -3.77. The third-order valence-corrected chi connectivity index (χ3v) is 6.13. The highest BCUT2D eigenvalue weighted by Gasteiger charge is 2.27. The average Bonchev–Trinajstić information content (AvgIpc) is 3.26. The predicted molar refractivity (Wildman–Crippen MR) is 134 cm³/mol. The number of ether oxygens (including phenoxy) is 1. The molecule has 1 aromatic heterocycles. The second-order valence-electron chi connectivity index (χ2n) is 8.08. The van der Waals surface area contributed by atoms with Crippen molar-refractivity contribution < 1.29 is 14.3 Å². The van der Waals surface area contributed by atoms with Crippen molar-refractivity contribution in [3.05, 3.63) is 101 Å². The molecule has 1 unspecified atom stereocenters. The van der Waals surface area contributed by atoms with Crippen LogP contribution in [0.4, 0.5) is 0 Å². The molecule has 0 aliphatic carbocycles. The Morgan fingerprint density at radius 3 is 2.50 bits per heavy atom. The molecule has 1 atom stereocenters. The zero-order chi connectivity index (χ0) is 24.1. The van der Waals surface area contributed by atoms with Gasteiger partial charge in [0.15, 0.2) is 0 Å². The molecule has 2 N–H and O–H groups in total. The van der Waals surface area contributed by atoms with Crippen LogP contribution in [0.5, 0.6) is 5.75 Å². The number of para-hydroxylation sites is 2. The van der Waals surface area contributed by atoms with Crippen LogP contribution in [-0.2, 0) is 17.8 Å². The minimum Gasteiger partial charge on any atom is -0.496 e. The Morgan fingerprint density at radius 1 is 1.00 bits per heavy atom. The van der Waals surface area contributed by atoms with Gasteiger partial charge in [-0.3, -0.25) is 9.59 Å². The fourth-order valence-corrected chi connectivity index (χ4v) is 4.26. The van der Waals surface area contributed by atoms with Gasteiger partial charge < -0.3 is 19.9 Å². The summed E-state index contributed by atoms with van der Waals surface area (Å²) in [6, 6.07) is 21.4. The number of hydrogen-bond acceptors (Lipinski definition) is 3. The minimum atomic E-state index is -0.789. The van der Waals surface area contributed by atoms with Crippen LogP contribution >= 0.6 is 11.6 Å². The number of likely N-dealkylation sites (N-methyl/N-ethyl adjacent to an activating group) is 1. The van der Waals surface area contributed by atoms with Gasteiger partial charge in [0.1, 0.15) is 11.8 Å². The lowest BCUT2D eigenvalue weighted by atomic mass is 10.0. The highest BCUT2D eigenvalue weighted by molar-refractivity contribution is 6.33. The van der Waals surface area contributed by atoms with Crippen LogP contribution < -0.4 is 10.1 Å². The summed E-state index contributed by atoms with van der Waals surface area (Å²) in [6.07, 6.45) is 2.21. The van der Waals surface area contributed by atoms with Gasteiger partial charge in [0.25, 0.3) is 5.91 Å². The first-order chi connectivity index (χ1) is 16.5. The number of halogens is 1. The van der Waals surface area contributed by atoms with Crippen LogP contribution in [0, 0.1) is 0 Å². The van der Waals surface area contributed by atoms with E-state index >= 15 is 0 Å². The van der Waals surface area contributed by atoms with Crippen LogP contribution in [0.1, 0.15) is 21.5 Å². The lowest BCUT2D eigenvalue weighted by molar-refractivity contribution is -0.132. The molecule has 0 radical (unpaired) electrons. The van der Waals surface area contributed by atoms with Gasteiger partial charge in [0, 0.05) is 42.7 Å². The van der Waals surface area contributed by atoms with Crippen LogP contribution in [0.25, 0.3) is 10.9 Å². The van der Waals surface area contributed by atoms with Gasteiger partial charge in [-0.1, -0.05) is 60.1 Å². The molecule has 0 saturated carbocycles. The number of aromatic nitrogens is 1. The van der Waals surface area contributed by atoms with Gasteiger partial charge in [0.05, 0.1) is 17.7 Å². The van der Waals surface area contributed by atoms with Crippen LogP contribution in [-0.4, -0.2) is 41.9 Å². The highest BCUT2D eigenvalue weighted by atomic mass is 35.5. The number of methoxy groups -OCH3 is 1. The van der Waals surface area contributed by atoms with Crippen LogP contribution in [0.15, 0.2) is 79.0 Å². The van der Waals surface area contributed by atoms with E-state index in [9.17, 15) is 9.59 Å². The average molecular weight is 476 g/mol. The molecule has 0 bridgehead atoms. The van der Waals surface area contributed by atoms with E-state index in [1.807, 2.05) is 54.7 Å². The van der Waals surface area contributed by atoms with E-state index < -0.39 is 11.9 Å². The zero-order valence-electron chi connectivity index (χ0n) is 19.0. The maximum Gasteiger partial charge on any atom is 0.253 e. The molecule has 34 heavy (non-hydrogen) atoms. The Bertz CT molecular complexity index is 1320. The summed E-state index contributed by atoms with van der Waals surface area (Å²) >= 11 is 6.23. The third-order valence-electron chi connectivity index (χ3n) is 5.80. The number of hydrogen-bond donors (Lipinski definition) is 2. The fourth-order valence-electron chi connectivity index (χ4n) is 4.03. The third kappa shape index (κ3) is 5.07. The molecule has 7 heteroatoms. The second-order valence-corrected chi connectivity index (χ2v) is 8.48. The molecule has 174 valence electrons. The zero-order valence-corrected chi connectivity index (χ0v) is 19.8. The molecular formula is C27H26ClN3O3. The quantitative estimate of drug-likeness (QED) is 0.383. The first-order valence-corrected chi connectivity index (χ1v) is 11.3. The maximum absolute atomic E-state index is 13.6. The van der Waals surface area contributed by atoms with Crippen molar-refractivity contribution in [2.75, 3.05) is 14.2 Å². The first kappa shape index (κ1) is 23.4. The Kier molecular flexibility index (Phi) is 7.18. The van der Waals surface area contributed by atoms with Crippen molar-refractivity contribution in [3.63, 3.8) is 0 Å². The number of H-pyrrole nitrogens is 1. The standard InChI is InChI=1S/C27H26ClN3O3/c1-31(17-18-9-3-8-14-25(18)34-2)27(33)24(30-26(32)21-11-4-6-12-22(21)28)15-19-16-29-23-13-7-5-10-20(19)23/h3-14,16,24,29H,15,17H2,1-2H3,(H,30,32). The SMILES string of the molecule is COc1ccccc1CN(C)C(=O)C(Cc1c[nH]c2ccccc12)NC(=O)c1ccccc1Cl. The van der Waals surface area contributed by atoms with Crippen molar-refractivity contribution >= 4 is 34.3 Å². The van der Waals surface area contributed by atoms with Gasteiger partial charge in [0.2, 0.25) is 5.91 Å². The Labute approximate surface area is 203 Å². The van der Waals surface area contributed by atoms with E-state index in [0.29, 0.717) is 29.3 Å². The number of fused-ring (bicyclic) bond motifs is 1. The monoisotopic (exact) mass is 475 g/mol. The molecule has 0 aliphatic heterocycles. The van der Waals surface area contributed by atoms with E-state index in [-0.39, 0.29) is 5.91 Å². The number of aromatic amines is 1. The first-order valence-electron chi connectivity index (χ1n) is 10.9. The number of carbonyl (C=O) groups excluding carboxylic acids is 2. The van der Waals surface area contributed by atoms with Crippen molar-refractivity contribution in [1.82, 2.24) is 15.2 Å². The van der Waals surface area contributed by atoms with Gasteiger partial charge in [-0.2, -0.15) is 0 Å². The van der Waals surface area contributed by atoms with Crippen molar-refractivity contribution in [3.8, 4) is 5.75 Å². The highest BCUT2D eigenvalue weighted by Crippen LogP contribution is 2.22. The Morgan fingerprint density at radius 2 is 1.71 bits per heavy atom. The summed E-state index contributed by atoms with van der Waals surface area (Å²) in [5.41, 5.74) is 3.13. The molecule has 3 aromatic carbocycles. The number of nitrogens with zero attached hydrogens (tertiary/aromatic N) is 1. The predicted octanol–water partition coefficient (Wildman–Crippen LogP) is 4.83. The van der Waals surface area contributed by atoms with Gasteiger partial charge in [-0.05, 0) is 29.8 Å². The topological polar surface area (TPSA) is 74.4 Å². The Balaban J connectivity index is 1.61. The fraction of sp³-hybridized carbons (Fsp3) is 0.185. The molecule has 0 spiro atoms. The molecule has 4 aromatic rings. The maximum atomic E-state index is 13.6. The van der Waals surface area contributed by atoms with E-state index in [4.69, 9.17) is 16.3 Å². The number of carbonyl (C=O) groups is 2. The molecule has 2 amide bonds. The molecule has 6 nitrogen and oxygen atoms in total. The largest absolute Gasteiger partial charge is 0.496 e. The summed E-state index contributed by atoms with van der Waals surface area (Å²) in [7, 11) is 3.32. The molecule has 4 rings (SSSR count). The second kappa shape index (κ2) is 10.4. The minimum absolute atomic E-state index is 0.211. The van der Waals surface area contributed by atoms with Gasteiger partial charge in [-0.25, -0.2) is 0 Å². The molecular weight excluding hydrogens is 450 g/mol. The van der Waals surface area contributed by atoms with Crippen molar-refractivity contribution in [2.24, 2.45) is 0 Å². The molecule has 0 fully saturated rings. The van der Waals surface area contributed by atoms with E-state index in [1.165, 1.54) is 0 Å². The molecule has 0 aliphatic rings. The summed E-state index contributed by atoms with van der Waals surface area (Å²) in [5, 5.41) is 4.26. The lowest BCUT2D eigenvalue weighted by Gasteiger charge is -2.25. The van der Waals surface area contributed by atoms with Gasteiger partial charge >= 0.3 is 0 Å². The number of rotatable bonds is 8. The summed E-state index contributed by atoms with van der Waals surface area (Å²) in [5.74, 6) is 0.0986. The summed E-state index contributed by atoms with van der Waals surface area (Å²) < 4.78 is 5.43. The van der Waals surface area contributed by atoms with Gasteiger partial charge in [-0.15, -0.1) is 0 Å². The number of nitrogens with one attached hydrogen (secondary N) is 2. The van der Waals surface area contributed by atoms with Crippen molar-refractivity contribution in [1.29, 1.82) is 0 Å². The van der Waals surface area contributed by atoms with E-state index in [0.717, 1.165) is 22.0 Å². The van der Waals surface area contributed by atoms with Crippen LogP contribution in [0.2, 0.25) is 5.02 Å². The summed E-state index contributed by atoms with van der Waals surface area (Å²) in [4.78, 5) is 31.5. The smallest absolute Gasteiger partial charge is 0.253 e. The molecule has 1 heterocycles. The van der Waals surface area contributed by atoms with Crippen LogP contribution in [0.3, 0.4) is 0 Å². The number of benzene rings is 3. The van der Waals surface area contributed by atoms with E-state index in [1.54, 1.807) is 43.3 Å². The lowest BCUT2D eigenvalue weighted by Crippen LogP contribution is -2.48. The summed E-state index contributed by atoms with van der Waals surface area (Å²) in [6.45, 7) is 0.342. The molecule has 0 saturated heterocycles. The van der Waals surface area contributed by atoms with Crippen molar-refractivity contribution in [2.45, 2.75) is 19.0 Å². The van der Waals surface area contributed by atoms with E-state index in [2.05, 4.69) is 10.3 Å². The number of amides is 2.